The summed E-state index contributed by atoms with van der Waals surface area (Å²) < 4.78 is 64.3. The highest BCUT2D eigenvalue weighted by atomic mass is 32.2. The van der Waals surface area contributed by atoms with E-state index in [1.807, 2.05) is 0 Å². The van der Waals surface area contributed by atoms with Gasteiger partial charge in [0.25, 0.3) is 0 Å². The zero-order valence-corrected chi connectivity index (χ0v) is 12.4. The molecule has 1 N–H and O–H groups in total. The van der Waals surface area contributed by atoms with Crippen molar-refractivity contribution in [3.05, 3.63) is 29.8 Å². The molecule has 9 heteroatoms. The van der Waals surface area contributed by atoms with Crippen LogP contribution in [0.2, 0.25) is 0 Å². The van der Waals surface area contributed by atoms with Crippen LogP contribution >= 0.6 is 0 Å². The van der Waals surface area contributed by atoms with Crippen molar-refractivity contribution in [3.63, 3.8) is 0 Å². The van der Waals surface area contributed by atoms with Gasteiger partial charge < -0.3 is 5.11 Å². The van der Waals surface area contributed by atoms with Gasteiger partial charge in [0, 0.05) is 13.1 Å². The van der Waals surface area contributed by atoms with Crippen LogP contribution in [0.5, 0.6) is 0 Å². The lowest BCUT2D eigenvalue weighted by atomic mass is 9.96. The van der Waals surface area contributed by atoms with Crippen LogP contribution < -0.4 is 0 Å². The van der Waals surface area contributed by atoms with Crippen molar-refractivity contribution in [2.75, 3.05) is 13.1 Å². The molecule has 0 aromatic heterocycles. The molecular formula is C13H14F3NO4S. The molecule has 0 radical (unpaired) electrons. The number of hydrogen-bond donors (Lipinski definition) is 1. The fraction of sp³-hybridized carbons (Fsp3) is 0.462. The third-order valence-electron chi connectivity index (χ3n) is 3.74. The van der Waals surface area contributed by atoms with Gasteiger partial charge in [-0.05, 0) is 18.6 Å². The molecule has 1 fully saturated rings. The Hall–Kier alpha value is -1.61. The van der Waals surface area contributed by atoms with Crippen molar-refractivity contribution in [1.29, 1.82) is 0 Å². The van der Waals surface area contributed by atoms with E-state index in [4.69, 9.17) is 5.11 Å². The molecular weight excluding hydrogens is 323 g/mol. The van der Waals surface area contributed by atoms with Crippen molar-refractivity contribution >= 4 is 16.0 Å². The molecule has 22 heavy (non-hydrogen) atoms. The second-order valence-corrected chi connectivity index (χ2v) is 7.09. The van der Waals surface area contributed by atoms with Gasteiger partial charge in [0.05, 0.1) is 16.7 Å². The third-order valence-corrected chi connectivity index (χ3v) is 5.73. The van der Waals surface area contributed by atoms with E-state index < -0.39 is 47.1 Å². The van der Waals surface area contributed by atoms with Crippen LogP contribution in [0.3, 0.4) is 0 Å². The Balaban J connectivity index is 2.39. The molecule has 2 rings (SSSR count). The van der Waals surface area contributed by atoms with E-state index in [1.54, 1.807) is 6.07 Å². The quantitative estimate of drug-likeness (QED) is 0.914. The van der Waals surface area contributed by atoms with Crippen LogP contribution in [0.1, 0.15) is 5.56 Å². The number of alkyl halides is 3. The highest BCUT2D eigenvalue weighted by Gasteiger charge is 2.55. The molecule has 1 aliphatic heterocycles. The molecule has 2 atom stereocenters. The molecule has 1 aliphatic rings. The number of carbonyl (C=O) groups is 1. The summed E-state index contributed by atoms with van der Waals surface area (Å²) in [6.45, 7) is -0.0355. The molecule has 1 aromatic rings. The first kappa shape index (κ1) is 16.8. The van der Waals surface area contributed by atoms with E-state index in [1.165, 1.54) is 25.1 Å². The Bertz CT molecular complexity index is 687. The first-order valence-corrected chi connectivity index (χ1v) is 7.84. The number of carboxylic acid groups (broad SMARTS) is 1. The summed E-state index contributed by atoms with van der Waals surface area (Å²) in [4.78, 5) is 10.9. The van der Waals surface area contributed by atoms with E-state index in [0.29, 0.717) is 9.87 Å². The van der Waals surface area contributed by atoms with Gasteiger partial charge >= 0.3 is 12.1 Å². The largest absolute Gasteiger partial charge is 0.481 e. The van der Waals surface area contributed by atoms with Gasteiger partial charge in [0.2, 0.25) is 10.0 Å². The molecule has 0 amide bonds. The summed E-state index contributed by atoms with van der Waals surface area (Å²) in [5, 5.41) is 8.93. The highest BCUT2D eigenvalue weighted by molar-refractivity contribution is 7.89. The van der Waals surface area contributed by atoms with Crippen molar-refractivity contribution < 1.29 is 31.5 Å². The number of rotatable bonds is 3. The normalized spacial score (nSPS) is 23.6. The van der Waals surface area contributed by atoms with Gasteiger partial charge in [-0.15, -0.1) is 0 Å². The smallest absolute Gasteiger partial charge is 0.393 e. The van der Waals surface area contributed by atoms with Crippen LogP contribution in [0.25, 0.3) is 0 Å². The number of halogens is 3. The van der Waals surface area contributed by atoms with Gasteiger partial charge in [-0.1, -0.05) is 18.2 Å². The standard InChI is InChI=1S/C13H14F3NO4S/c1-8-4-2-3-5-11(8)22(20,21)17-6-9(12(18)19)10(7-17)13(14,15)16/h2-5,9-10H,6-7H2,1H3,(H,18,19)/t9-,10-/m1/s1. The Kier molecular flexibility index (Phi) is 4.22. The maximum atomic E-state index is 12.9. The lowest BCUT2D eigenvalue weighted by Crippen LogP contribution is -2.34. The monoisotopic (exact) mass is 337 g/mol. The Morgan fingerprint density at radius 2 is 1.86 bits per heavy atom. The van der Waals surface area contributed by atoms with Crippen LogP contribution in [-0.4, -0.2) is 43.1 Å². The topological polar surface area (TPSA) is 74.7 Å². The minimum atomic E-state index is -4.76. The third kappa shape index (κ3) is 2.95. The van der Waals surface area contributed by atoms with E-state index in [-0.39, 0.29) is 4.90 Å². The van der Waals surface area contributed by atoms with Crippen molar-refractivity contribution in [2.45, 2.75) is 18.0 Å². The lowest BCUT2D eigenvalue weighted by molar-refractivity contribution is -0.187. The maximum absolute atomic E-state index is 12.9. The number of aryl methyl sites for hydroxylation is 1. The summed E-state index contributed by atoms with van der Waals surface area (Å²) in [5.74, 6) is -5.65. The summed E-state index contributed by atoms with van der Waals surface area (Å²) in [6, 6.07) is 5.89. The van der Waals surface area contributed by atoms with E-state index in [0.717, 1.165) is 0 Å². The second-order valence-electron chi connectivity index (χ2n) is 5.18. The molecule has 0 bridgehead atoms. The second kappa shape index (κ2) is 5.54. The zero-order chi connectivity index (χ0) is 16.7. The van der Waals surface area contributed by atoms with Gasteiger partial charge in [-0.2, -0.15) is 17.5 Å². The number of benzene rings is 1. The fourth-order valence-electron chi connectivity index (χ4n) is 2.53. The van der Waals surface area contributed by atoms with Crippen LogP contribution in [0.15, 0.2) is 29.2 Å². The van der Waals surface area contributed by atoms with E-state index in [2.05, 4.69) is 0 Å². The highest BCUT2D eigenvalue weighted by Crippen LogP contribution is 2.39. The molecule has 1 heterocycles. The molecule has 0 saturated carbocycles. The molecule has 1 saturated heterocycles. The average Bonchev–Trinajstić information content (AvgIpc) is 2.84. The van der Waals surface area contributed by atoms with E-state index >= 15 is 0 Å². The summed E-state index contributed by atoms with van der Waals surface area (Å²) in [5.41, 5.74) is 0.393. The minimum Gasteiger partial charge on any atom is -0.481 e. The van der Waals surface area contributed by atoms with Gasteiger partial charge in [-0.25, -0.2) is 8.42 Å². The van der Waals surface area contributed by atoms with Gasteiger partial charge in [-0.3, -0.25) is 4.79 Å². The van der Waals surface area contributed by atoms with Gasteiger partial charge in [0.15, 0.2) is 0 Å². The molecule has 122 valence electrons. The van der Waals surface area contributed by atoms with Crippen LogP contribution in [0.4, 0.5) is 13.2 Å². The predicted octanol–water partition coefficient (Wildman–Crippen LogP) is 1.88. The molecule has 0 unspecified atom stereocenters. The number of carboxylic acids is 1. The van der Waals surface area contributed by atoms with E-state index in [9.17, 15) is 26.4 Å². The van der Waals surface area contributed by atoms with Crippen LogP contribution in [-0.2, 0) is 14.8 Å². The average molecular weight is 337 g/mol. The first-order chi connectivity index (χ1) is 10.0. The molecule has 0 aliphatic carbocycles. The lowest BCUT2D eigenvalue weighted by Gasteiger charge is -2.19. The fourth-order valence-corrected chi connectivity index (χ4v) is 4.25. The van der Waals surface area contributed by atoms with Crippen molar-refractivity contribution in [1.82, 2.24) is 4.31 Å². The number of aliphatic carboxylic acids is 1. The molecule has 5 nitrogen and oxygen atoms in total. The Morgan fingerprint density at radius 3 is 2.32 bits per heavy atom. The molecule has 1 aromatic carbocycles. The van der Waals surface area contributed by atoms with Crippen molar-refractivity contribution in [2.24, 2.45) is 11.8 Å². The summed E-state index contributed by atoms with van der Waals surface area (Å²) in [7, 11) is -4.16. The Morgan fingerprint density at radius 1 is 1.27 bits per heavy atom. The zero-order valence-electron chi connectivity index (χ0n) is 11.5. The van der Waals surface area contributed by atoms with Gasteiger partial charge in [0.1, 0.15) is 0 Å². The number of sulfonamides is 1. The summed E-state index contributed by atoms with van der Waals surface area (Å²) >= 11 is 0. The first-order valence-electron chi connectivity index (χ1n) is 6.40. The number of nitrogens with zero attached hydrogens (tertiary/aromatic N) is 1. The Labute approximate surface area is 125 Å². The SMILES string of the molecule is Cc1ccccc1S(=O)(=O)N1C[C@@H](C(F)(F)F)[C@H](C(=O)O)C1. The number of hydrogen-bond acceptors (Lipinski definition) is 3. The van der Waals surface area contributed by atoms with Crippen molar-refractivity contribution in [3.8, 4) is 0 Å². The minimum absolute atomic E-state index is 0.109. The summed E-state index contributed by atoms with van der Waals surface area (Å²) in [6.07, 6.45) is -4.76. The predicted molar refractivity (Wildman–Crippen MR) is 70.6 cm³/mol. The van der Waals surface area contributed by atoms with Crippen LogP contribution in [0, 0.1) is 18.8 Å². The molecule has 0 spiro atoms. The maximum Gasteiger partial charge on any atom is 0.393 e.